The summed E-state index contributed by atoms with van der Waals surface area (Å²) in [7, 11) is 0. The molecular formula is C15H10FNO. The van der Waals surface area contributed by atoms with E-state index < -0.39 is 0 Å². The predicted molar refractivity (Wildman–Crippen MR) is 65.6 cm³/mol. The zero-order valence-corrected chi connectivity index (χ0v) is 9.56. The van der Waals surface area contributed by atoms with E-state index in [-0.39, 0.29) is 18.0 Å². The zero-order chi connectivity index (χ0) is 13.0. The maximum absolute atomic E-state index is 12.7. The lowest BCUT2D eigenvalue weighted by atomic mass is 10.0. The van der Waals surface area contributed by atoms with Gasteiger partial charge in [0, 0.05) is 12.0 Å². The molecule has 0 saturated heterocycles. The Morgan fingerprint density at radius 2 is 1.89 bits per heavy atom. The first-order valence-electron chi connectivity index (χ1n) is 5.47. The summed E-state index contributed by atoms with van der Waals surface area (Å²) in [5.74, 6) is -0.406. The van der Waals surface area contributed by atoms with Crippen molar-refractivity contribution >= 4 is 5.78 Å². The van der Waals surface area contributed by atoms with Crippen LogP contribution in [0.3, 0.4) is 0 Å². The fourth-order valence-electron chi connectivity index (χ4n) is 1.65. The molecule has 2 nitrogen and oxygen atoms in total. The Hall–Kier alpha value is -2.47. The van der Waals surface area contributed by atoms with Crippen molar-refractivity contribution in [3.63, 3.8) is 0 Å². The summed E-state index contributed by atoms with van der Waals surface area (Å²) in [5, 5.41) is 8.76. The van der Waals surface area contributed by atoms with E-state index in [2.05, 4.69) is 0 Å². The van der Waals surface area contributed by atoms with Crippen molar-refractivity contribution in [2.24, 2.45) is 0 Å². The van der Waals surface area contributed by atoms with E-state index in [1.807, 2.05) is 6.07 Å². The van der Waals surface area contributed by atoms with Gasteiger partial charge in [-0.05, 0) is 29.8 Å². The third kappa shape index (κ3) is 2.80. The predicted octanol–water partition coefficient (Wildman–Crippen LogP) is 3.12. The molecule has 18 heavy (non-hydrogen) atoms. The van der Waals surface area contributed by atoms with E-state index in [9.17, 15) is 9.18 Å². The van der Waals surface area contributed by atoms with Crippen LogP contribution in [0.5, 0.6) is 0 Å². The van der Waals surface area contributed by atoms with Gasteiger partial charge in [-0.2, -0.15) is 5.26 Å². The van der Waals surface area contributed by atoms with Crippen LogP contribution in [0.2, 0.25) is 0 Å². The van der Waals surface area contributed by atoms with E-state index in [0.717, 1.165) is 5.56 Å². The van der Waals surface area contributed by atoms with Gasteiger partial charge in [-0.25, -0.2) is 4.39 Å². The Bertz CT molecular complexity index is 611. The smallest absolute Gasteiger partial charge is 0.167 e. The Balaban J connectivity index is 2.17. The number of benzene rings is 2. The number of nitrogens with zero attached hydrogens (tertiary/aromatic N) is 1. The van der Waals surface area contributed by atoms with Crippen LogP contribution < -0.4 is 0 Å². The van der Waals surface area contributed by atoms with Crippen molar-refractivity contribution in [2.45, 2.75) is 6.42 Å². The first-order valence-corrected chi connectivity index (χ1v) is 5.47. The molecule has 0 aliphatic carbocycles. The summed E-state index contributed by atoms with van der Waals surface area (Å²) in [6.07, 6.45) is 0.204. The molecule has 0 radical (unpaired) electrons. The minimum Gasteiger partial charge on any atom is -0.294 e. The molecule has 2 aromatic carbocycles. The largest absolute Gasteiger partial charge is 0.294 e. The molecule has 0 fully saturated rings. The summed E-state index contributed by atoms with van der Waals surface area (Å²) in [5.41, 5.74) is 1.71. The summed E-state index contributed by atoms with van der Waals surface area (Å²) < 4.78 is 12.7. The van der Waals surface area contributed by atoms with Gasteiger partial charge >= 0.3 is 0 Å². The fraction of sp³-hybridized carbons (Fsp3) is 0.0667. The second-order valence-electron chi connectivity index (χ2n) is 3.92. The second kappa shape index (κ2) is 5.24. The number of Topliss-reactive ketones (excluding diaryl/α,β-unsaturated/α-hetero) is 1. The highest BCUT2D eigenvalue weighted by molar-refractivity contribution is 5.97. The van der Waals surface area contributed by atoms with Gasteiger partial charge in [-0.1, -0.05) is 24.3 Å². The monoisotopic (exact) mass is 239 g/mol. The topological polar surface area (TPSA) is 40.9 Å². The van der Waals surface area contributed by atoms with Gasteiger partial charge in [0.05, 0.1) is 11.6 Å². The minimum atomic E-state index is -0.322. The van der Waals surface area contributed by atoms with Gasteiger partial charge in [-0.3, -0.25) is 4.79 Å². The van der Waals surface area contributed by atoms with Crippen LogP contribution in [0.4, 0.5) is 4.39 Å². The van der Waals surface area contributed by atoms with Crippen molar-refractivity contribution < 1.29 is 9.18 Å². The fourth-order valence-corrected chi connectivity index (χ4v) is 1.65. The Morgan fingerprint density at radius 1 is 1.17 bits per heavy atom. The minimum absolute atomic E-state index is 0.0845. The highest BCUT2D eigenvalue weighted by atomic mass is 19.1. The number of hydrogen-bond acceptors (Lipinski definition) is 2. The zero-order valence-electron chi connectivity index (χ0n) is 9.56. The first kappa shape index (κ1) is 12.0. The summed E-state index contributed by atoms with van der Waals surface area (Å²) >= 11 is 0. The molecule has 0 unspecified atom stereocenters. The van der Waals surface area contributed by atoms with Crippen molar-refractivity contribution in [2.75, 3.05) is 0 Å². The average molecular weight is 239 g/mol. The van der Waals surface area contributed by atoms with Crippen LogP contribution in [-0.2, 0) is 6.42 Å². The Morgan fingerprint density at radius 3 is 2.56 bits per heavy atom. The molecule has 0 N–H and O–H groups in total. The number of ketones is 1. The molecule has 2 rings (SSSR count). The van der Waals surface area contributed by atoms with Gasteiger partial charge in [0.2, 0.25) is 0 Å². The van der Waals surface area contributed by atoms with Crippen LogP contribution in [0.25, 0.3) is 0 Å². The number of carbonyl (C=O) groups excluding carboxylic acids is 1. The van der Waals surface area contributed by atoms with E-state index in [0.29, 0.717) is 11.1 Å². The lowest BCUT2D eigenvalue weighted by Crippen LogP contribution is -2.03. The highest BCUT2D eigenvalue weighted by Gasteiger charge is 2.07. The molecule has 0 aromatic heterocycles. The summed E-state index contributed by atoms with van der Waals surface area (Å²) in [4.78, 5) is 12.0. The van der Waals surface area contributed by atoms with E-state index in [4.69, 9.17) is 5.26 Å². The number of hydrogen-bond donors (Lipinski definition) is 0. The van der Waals surface area contributed by atoms with Crippen LogP contribution in [0.15, 0.2) is 48.5 Å². The van der Waals surface area contributed by atoms with E-state index in [1.165, 1.54) is 12.1 Å². The summed E-state index contributed by atoms with van der Waals surface area (Å²) in [6.45, 7) is 0. The Kier molecular flexibility index (Phi) is 3.49. The first-order chi connectivity index (χ1) is 8.69. The summed E-state index contributed by atoms with van der Waals surface area (Å²) in [6, 6.07) is 14.4. The van der Waals surface area contributed by atoms with Gasteiger partial charge < -0.3 is 0 Å². The third-order valence-corrected chi connectivity index (χ3v) is 2.59. The molecule has 0 saturated carbocycles. The van der Waals surface area contributed by atoms with Gasteiger partial charge in [0.15, 0.2) is 5.78 Å². The number of rotatable bonds is 3. The van der Waals surface area contributed by atoms with Crippen molar-refractivity contribution in [3.8, 4) is 6.07 Å². The number of carbonyl (C=O) groups is 1. The normalized spacial score (nSPS) is 9.78. The van der Waals surface area contributed by atoms with Crippen LogP contribution in [0.1, 0.15) is 21.5 Å². The third-order valence-electron chi connectivity index (χ3n) is 2.59. The molecule has 0 amide bonds. The number of nitriles is 1. The van der Waals surface area contributed by atoms with Crippen LogP contribution in [0, 0.1) is 17.1 Å². The average Bonchev–Trinajstić information content (AvgIpc) is 2.41. The quantitative estimate of drug-likeness (QED) is 0.772. The molecule has 0 heterocycles. The maximum Gasteiger partial charge on any atom is 0.167 e. The van der Waals surface area contributed by atoms with Crippen molar-refractivity contribution in [1.82, 2.24) is 0 Å². The molecule has 0 aliphatic rings. The van der Waals surface area contributed by atoms with Gasteiger partial charge in [0.25, 0.3) is 0 Å². The molecule has 0 atom stereocenters. The molecule has 0 spiro atoms. The second-order valence-corrected chi connectivity index (χ2v) is 3.92. The molecule has 88 valence electrons. The maximum atomic E-state index is 12.7. The van der Waals surface area contributed by atoms with Crippen molar-refractivity contribution in [3.05, 3.63) is 71.0 Å². The van der Waals surface area contributed by atoms with Gasteiger partial charge in [0.1, 0.15) is 5.82 Å². The van der Waals surface area contributed by atoms with Crippen LogP contribution >= 0.6 is 0 Å². The molecular weight excluding hydrogens is 229 g/mol. The number of halogens is 1. The van der Waals surface area contributed by atoms with E-state index in [1.54, 1.807) is 36.4 Å². The van der Waals surface area contributed by atoms with Crippen molar-refractivity contribution in [1.29, 1.82) is 5.26 Å². The molecule has 2 aromatic rings. The molecule has 0 bridgehead atoms. The lowest BCUT2D eigenvalue weighted by molar-refractivity contribution is 0.0993. The Labute approximate surface area is 104 Å². The molecule has 3 heteroatoms. The SMILES string of the molecule is N#Cc1cccc(C(=O)Cc2ccc(F)cc2)c1. The van der Waals surface area contributed by atoms with Crippen LogP contribution in [-0.4, -0.2) is 5.78 Å². The standard InChI is InChI=1S/C15H10FNO/c16-14-6-4-11(5-7-14)9-15(18)13-3-1-2-12(8-13)10-17/h1-8H,9H2. The molecule has 0 aliphatic heterocycles. The lowest BCUT2D eigenvalue weighted by Gasteiger charge is -2.02. The van der Waals surface area contributed by atoms with E-state index >= 15 is 0 Å². The van der Waals surface area contributed by atoms with Gasteiger partial charge in [-0.15, -0.1) is 0 Å². The highest BCUT2D eigenvalue weighted by Crippen LogP contribution is 2.10.